The number of benzene rings is 2. The fourth-order valence-electron chi connectivity index (χ4n) is 2.50. The predicted molar refractivity (Wildman–Crippen MR) is 96.3 cm³/mol. The predicted octanol–water partition coefficient (Wildman–Crippen LogP) is 6.79. The van der Waals surface area contributed by atoms with Gasteiger partial charge in [-0.3, -0.25) is 5.10 Å². The van der Waals surface area contributed by atoms with Gasteiger partial charge in [0.15, 0.2) is 0 Å². The van der Waals surface area contributed by atoms with E-state index in [1.54, 1.807) is 0 Å². The molecule has 8 heteroatoms. The lowest BCUT2D eigenvalue weighted by Gasteiger charge is -2.13. The van der Waals surface area contributed by atoms with Gasteiger partial charge in [-0.25, -0.2) is 0 Å². The van der Waals surface area contributed by atoms with Crippen LogP contribution in [-0.4, -0.2) is 16.5 Å². The largest absolute Gasteiger partial charge is 0.416 e. The van der Waals surface area contributed by atoms with Gasteiger partial charge in [-0.2, -0.15) is 18.3 Å². The molecule has 0 bridgehead atoms. The number of H-pyrrole nitrogens is 1. The van der Waals surface area contributed by atoms with Gasteiger partial charge in [0.2, 0.25) is 0 Å². The molecule has 0 aliphatic rings. The maximum absolute atomic E-state index is 12.9. The number of rotatable bonds is 3. The molecule has 3 aromatic rings. The number of aromatic nitrogens is 2. The van der Waals surface area contributed by atoms with E-state index >= 15 is 0 Å². The highest BCUT2D eigenvalue weighted by Gasteiger charge is 2.32. The van der Waals surface area contributed by atoms with Gasteiger partial charge in [0.1, 0.15) is 5.03 Å². The Bertz CT molecular complexity index is 885. The number of aromatic amines is 1. The number of halogens is 5. The summed E-state index contributed by atoms with van der Waals surface area (Å²) in [4.78, 5) is 0. The van der Waals surface area contributed by atoms with Crippen LogP contribution in [0, 0.1) is 0 Å². The first-order valence-corrected chi connectivity index (χ1v) is 9.05. The molecule has 0 spiro atoms. The van der Waals surface area contributed by atoms with Crippen LogP contribution in [-0.2, 0) is 6.18 Å². The summed E-state index contributed by atoms with van der Waals surface area (Å²) in [5.41, 5.74) is 1.50. The molecule has 25 heavy (non-hydrogen) atoms. The van der Waals surface area contributed by atoms with Crippen molar-refractivity contribution in [3.63, 3.8) is 0 Å². The van der Waals surface area contributed by atoms with Crippen LogP contribution in [0.2, 0.25) is 10.0 Å². The molecule has 0 aliphatic heterocycles. The lowest BCUT2D eigenvalue weighted by Crippen LogP contribution is -2.05. The number of thioether (sulfide) groups is 1. The molecular weight excluding hydrogens is 392 g/mol. The second-order valence-electron chi connectivity index (χ2n) is 5.16. The lowest BCUT2D eigenvalue weighted by atomic mass is 10.0. The second kappa shape index (κ2) is 6.94. The molecule has 0 radical (unpaired) electrons. The molecule has 2 aromatic carbocycles. The minimum atomic E-state index is -4.52. The van der Waals surface area contributed by atoms with Crippen molar-refractivity contribution in [2.45, 2.75) is 11.2 Å². The van der Waals surface area contributed by atoms with Crippen LogP contribution >= 0.6 is 35.0 Å². The first kappa shape index (κ1) is 18.2. The van der Waals surface area contributed by atoms with Gasteiger partial charge in [0, 0.05) is 11.1 Å². The van der Waals surface area contributed by atoms with Crippen LogP contribution in [0.1, 0.15) is 5.56 Å². The van der Waals surface area contributed by atoms with Crippen molar-refractivity contribution < 1.29 is 13.2 Å². The zero-order chi connectivity index (χ0) is 18.2. The van der Waals surface area contributed by atoms with Crippen molar-refractivity contribution in [2.24, 2.45) is 0 Å². The molecule has 0 aliphatic carbocycles. The number of alkyl halides is 3. The summed E-state index contributed by atoms with van der Waals surface area (Å²) in [7, 11) is 0. The van der Waals surface area contributed by atoms with E-state index in [0.717, 1.165) is 23.3 Å². The SMILES string of the molecule is CSc1n[nH]c(-c2c(Cl)cc(C(F)(F)F)cc2Cl)c1-c1ccccc1. The van der Waals surface area contributed by atoms with Gasteiger partial charge in [-0.05, 0) is 24.0 Å². The van der Waals surface area contributed by atoms with Crippen molar-refractivity contribution in [2.75, 3.05) is 6.26 Å². The van der Waals surface area contributed by atoms with Crippen molar-refractivity contribution in [3.05, 3.63) is 58.1 Å². The van der Waals surface area contributed by atoms with Gasteiger partial charge in [-0.15, -0.1) is 11.8 Å². The van der Waals surface area contributed by atoms with Crippen LogP contribution in [0.15, 0.2) is 47.5 Å². The highest BCUT2D eigenvalue weighted by Crippen LogP contribution is 2.44. The van der Waals surface area contributed by atoms with Crippen molar-refractivity contribution in [1.82, 2.24) is 10.2 Å². The Morgan fingerprint density at radius 2 is 1.60 bits per heavy atom. The average Bonchev–Trinajstić information content (AvgIpc) is 2.97. The molecule has 0 saturated heterocycles. The van der Waals surface area contributed by atoms with Gasteiger partial charge in [0.05, 0.1) is 21.3 Å². The Morgan fingerprint density at radius 3 is 2.12 bits per heavy atom. The van der Waals surface area contributed by atoms with Crippen molar-refractivity contribution in [3.8, 4) is 22.4 Å². The lowest BCUT2D eigenvalue weighted by molar-refractivity contribution is -0.137. The molecule has 0 saturated carbocycles. The number of hydrogen-bond acceptors (Lipinski definition) is 2. The smallest absolute Gasteiger partial charge is 0.276 e. The molecule has 130 valence electrons. The van der Waals surface area contributed by atoms with Crippen LogP contribution in [0.5, 0.6) is 0 Å². The minimum Gasteiger partial charge on any atom is -0.276 e. The minimum absolute atomic E-state index is 0.0895. The summed E-state index contributed by atoms with van der Waals surface area (Å²) in [5.74, 6) is 0. The Labute approximate surface area is 156 Å². The molecule has 1 aromatic heterocycles. The Morgan fingerprint density at radius 1 is 1.00 bits per heavy atom. The molecule has 0 fully saturated rings. The highest BCUT2D eigenvalue weighted by atomic mass is 35.5. The third-order valence-corrected chi connectivity index (χ3v) is 4.89. The summed E-state index contributed by atoms with van der Waals surface area (Å²) in [6, 6.07) is 11.1. The van der Waals surface area contributed by atoms with E-state index in [9.17, 15) is 13.2 Å². The van der Waals surface area contributed by atoms with Crippen LogP contribution in [0.25, 0.3) is 22.4 Å². The van der Waals surface area contributed by atoms with E-state index in [4.69, 9.17) is 23.2 Å². The summed E-state index contributed by atoms with van der Waals surface area (Å²) >= 11 is 13.7. The first-order valence-electron chi connectivity index (χ1n) is 7.07. The molecule has 0 unspecified atom stereocenters. The summed E-state index contributed by atoms with van der Waals surface area (Å²) in [5, 5.41) is 7.62. The number of nitrogens with zero attached hydrogens (tertiary/aromatic N) is 1. The summed E-state index contributed by atoms with van der Waals surface area (Å²) in [6.07, 6.45) is -2.66. The van der Waals surface area contributed by atoms with Gasteiger partial charge in [0.25, 0.3) is 0 Å². The molecule has 2 nitrogen and oxygen atoms in total. The van der Waals surface area contributed by atoms with E-state index in [-0.39, 0.29) is 10.0 Å². The number of nitrogens with one attached hydrogen (secondary N) is 1. The van der Waals surface area contributed by atoms with Gasteiger partial charge in [-0.1, -0.05) is 53.5 Å². The van der Waals surface area contributed by atoms with E-state index in [1.165, 1.54) is 11.8 Å². The van der Waals surface area contributed by atoms with Crippen LogP contribution < -0.4 is 0 Å². The van der Waals surface area contributed by atoms with Crippen molar-refractivity contribution >= 4 is 35.0 Å². The third kappa shape index (κ3) is 3.52. The Kier molecular flexibility index (Phi) is 5.04. The quantitative estimate of drug-likeness (QED) is 0.488. The van der Waals surface area contributed by atoms with E-state index in [1.807, 2.05) is 36.6 Å². The maximum Gasteiger partial charge on any atom is 0.416 e. The zero-order valence-corrected chi connectivity index (χ0v) is 15.1. The molecule has 1 N–H and O–H groups in total. The Hall–Kier alpha value is -1.63. The highest BCUT2D eigenvalue weighted by molar-refractivity contribution is 7.98. The third-order valence-electron chi connectivity index (χ3n) is 3.61. The normalized spacial score (nSPS) is 11.8. The molecule has 0 amide bonds. The van der Waals surface area contributed by atoms with Crippen LogP contribution in [0.3, 0.4) is 0 Å². The molecule has 0 atom stereocenters. The standard InChI is InChI=1S/C17H11Cl2F3N2S/c1-25-16-13(9-5-3-2-4-6-9)15(23-24-16)14-11(18)7-10(8-12(14)19)17(20,21)22/h2-8H,1H3,(H,23,24). The monoisotopic (exact) mass is 402 g/mol. The maximum atomic E-state index is 12.9. The number of hydrogen-bond donors (Lipinski definition) is 1. The molecular formula is C17H11Cl2F3N2S. The summed E-state index contributed by atoms with van der Waals surface area (Å²) < 4.78 is 38.8. The van der Waals surface area contributed by atoms with E-state index in [2.05, 4.69) is 10.2 Å². The Balaban J connectivity index is 2.24. The fraction of sp³-hybridized carbons (Fsp3) is 0.118. The van der Waals surface area contributed by atoms with Gasteiger partial charge < -0.3 is 0 Å². The zero-order valence-electron chi connectivity index (χ0n) is 12.8. The first-order chi connectivity index (χ1) is 11.8. The molecule has 1 heterocycles. The van der Waals surface area contributed by atoms with E-state index < -0.39 is 11.7 Å². The topological polar surface area (TPSA) is 28.7 Å². The fourth-order valence-corrected chi connectivity index (χ4v) is 3.74. The molecule has 3 rings (SSSR count). The van der Waals surface area contributed by atoms with E-state index in [0.29, 0.717) is 16.3 Å². The average molecular weight is 403 g/mol. The van der Waals surface area contributed by atoms with Crippen LogP contribution in [0.4, 0.5) is 13.2 Å². The van der Waals surface area contributed by atoms with Crippen molar-refractivity contribution in [1.29, 1.82) is 0 Å². The summed E-state index contributed by atoms with van der Waals surface area (Å²) in [6.45, 7) is 0. The second-order valence-corrected chi connectivity index (χ2v) is 6.77. The van der Waals surface area contributed by atoms with Gasteiger partial charge >= 0.3 is 6.18 Å².